The maximum absolute atomic E-state index is 13.5. The summed E-state index contributed by atoms with van der Waals surface area (Å²) >= 11 is 1.42. The summed E-state index contributed by atoms with van der Waals surface area (Å²) < 4.78 is 7.17. The second-order valence-electron chi connectivity index (χ2n) is 8.41. The van der Waals surface area contributed by atoms with Gasteiger partial charge in [0, 0.05) is 35.8 Å². The number of carbonyl (C=O) groups is 2. The first kappa shape index (κ1) is 23.7. The largest absolute Gasteiger partial charge is 0.378 e. The quantitative estimate of drug-likeness (QED) is 0.378. The van der Waals surface area contributed by atoms with Gasteiger partial charge in [-0.1, -0.05) is 48.5 Å². The number of benzene rings is 2. The third-order valence-electron chi connectivity index (χ3n) is 5.98. The summed E-state index contributed by atoms with van der Waals surface area (Å²) in [4.78, 5) is 29.1. The first-order chi connectivity index (χ1) is 17.6. The first-order valence-electron chi connectivity index (χ1n) is 11.7. The molecule has 1 aliphatic heterocycles. The molecular weight excluding hydrogens is 472 g/mol. The van der Waals surface area contributed by atoms with Crippen LogP contribution in [0.25, 0.3) is 22.2 Å². The van der Waals surface area contributed by atoms with Crippen LogP contribution in [0.3, 0.4) is 0 Å². The molecule has 1 fully saturated rings. The van der Waals surface area contributed by atoms with Crippen LogP contribution >= 0.6 is 11.3 Å². The lowest BCUT2D eigenvalue weighted by Gasteiger charge is -2.27. The molecule has 0 aliphatic carbocycles. The van der Waals surface area contributed by atoms with E-state index in [4.69, 9.17) is 4.74 Å². The number of anilines is 1. The van der Waals surface area contributed by atoms with Crippen molar-refractivity contribution in [3.05, 3.63) is 95.8 Å². The second kappa shape index (κ2) is 10.7. The van der Waals surface area contributed by atoms with Crippen molar-refractivity contribution in [2.45, 2.75) is 6.92 Å². The van der Waals surface area contributed by atoms with E-state index in [9.17, 15) is 9.59 Å². The van der Waals surface area contributed by atoms with Crippen LogP contribution in [0.15, 0.2) is 79.1 Å². The normalized spacial score (nSPS) is 13.8. The van der Waals surface area contributed by atoms with E-state index < -0.39 is 0 Å². The Bertz CT molecular complexity index is 1390. The van der Waals surface area contributed by atoms with Gasteiger partial charge in [0.2, 0.25) is 5.91 Å². The van der Waals surface area contributed by atoms with Crippen molar-refractivity contribution in [2.75, 3.05) is 31.6 Å². The lowest BCUT2D eigenvalue weighted by atomic mass is 10.1. The molecule has 182 valence electrons. The molecule has 5 rings (SSSR count). The molecule has 1 N–H and O–H groups in total. The van der Waals surface area contributed by atoms with Gasteiger partial charge < -0.3 is 15.0 Å². The van der Waals surface area contributed by atoms with Gasteiger partial charge in [-0.3, -0.25) is 9.59 Å². The average Bonchev–Trinajstić information content (AvgIpc) is 3.53. The van der Waals surface area contributed by atoms with Crippen LogP contribution in [0, 0.1) is 6.92 Å². The van der Waals surface area contributed by atoms with E-state index in [1.54, 1.807) is 21.9 Å². The standard InChI is InChI=1S/C28H26N4O3S/c1-20-25(28(34)31-14-16-35-17-15-31)27(36-26(20)22-8-4-2-5-9-22)30-24(33)13-12-21-18-29-32(19-21)23-10-6-3-7-11-23/h2-13,18-19H,14-17H2,1H3,(H,30,33)/b13-12+. The zero-order valence-corrected chi connectivity index (χ0v) is 20.7. The molecule has 2 aromatic carbocycles. The Balaban J connectivity index is 1.39. The van der Waals surface area contributed by atoms with Gasteiger partial charge in [-0.05, 0) is 36.3 Å². The number of amides is 2. The van der Waals surface area contributed by atoms with E-state index in [0.717, 1.165) is 27.3 Å². The molecule has 3 heterocycles. The number of thiophene rings is 1. The first-order valence-corrected chi connectivity index (χ1v) is 12.6. The number of carbonyl (C=O) groups excluding carboxylic acids is 2. The Morgan fingerprint density at radius 3 is 2.44 bits per heavy atom. The van der Waals surface area contributed by atoms with Crippen LogP contribution in [0.5, 0.6) is 0 Å². The molecule has 36 heavy (non-hydrogen) atoms. The summed E-state index contributed by atoms with van der Waals surface area (Å²) in [6, 6.07) is 19.7. The van der Waals surface area contributed by atoms with Crippen molar-refractivity contribution in [2.24, 2.45) is 0 Å². The predicted octanol–water partition coefficient (Wildman–Crippen LogP) is 5.03. The molecule has 2 aromatic heterocycles. The summed E-state index contributed by atoms with van der Waals surface area (Å²) in [6.07, 6.45) is 6.73. The lowest BCUT2D eigenvalue weighted by Crippen LogP contribution is -2.41. The summed E-state index contributed by atoms with van der Waals surface area (Å²) in [5, 5.41) is 7.87. The lowest BCUT2D eigenvalue weighted by molar-refractivity contribution is -0.111. The summed E-state index contributed by atoms with van der Waals surface area (Å²) in [7, 11) is 0. The molecule has 1 saturated heterocycles. The van der Waals surface area contributed by atoms with Gasteiger partial charge >= 0.3 is 0 Å². The molecule has 4 aromatic rings. The van der Waals surface area contributed by atoms with Crippen LogP contribution < -0.4 is 5.32 Å². The van der Waals surface area contributed by atoms with Gasteiger partial charge in [-0.2, -0.15) is 5.10 Å². The van der Waals surface area contributed by atoms with Crippen LogP contribution in [-0.2, 0) is 9.53 Å². The minimum atomic E-state index is -0.306. The van der Waals surface area contributed by atoms with E-state index >= 15 is 0 Å². The fraction of sp³-hybridized carbons (Fsp3) is 0.179. The summed E-state index contributed by atoms with van der Waals surface area (Å²) in [5.41, 5.74) is 4.16. The maximum Gasteiger partial charge on any atom is 0.257 e. The Morgan fingerprint density at radius 1 is 1.03 bits per heavy atom. The number of aromatic nitrogens is 2. The van der Waals surface area contributed by atoms with Gasteiger partial charge in [0.25, 0.3) is 5.91 Å². The highest BCUT2D eigenvalue weighted by molar-refractivity contribution is 7.20. The van der Waals surface area contributed by atoms with Gasteiger partial charge in [0.15, 0.2) is 0 Å². The molecule has 0 atom stereocenters. The molecule has 0 radical (unpaired) electrons. The van der Waals surface area contributed by atoms with Crippen molar-refractivity contribution in [1.29, 1.82) is 0 Å². The van der Waals surface area contributed by atoms with E-state index in [0.29, 0.717) is 36.9 Å². The number of rotatable bonds is 6. The Morgan fingerprint density at radius 2 is 1.72 bits per heavy atom. The molecule has 0 unspecified atom stereocenters. The van der Waals surface area contributed by atoms with Gasteiger partial charge in [-0.25, -0.2) is 4.68 Å². The fourth-order valence-electron chi connectivity index (χ4n) is 4.12. The van der Waals surface area contributed by atoms with E-state index in [-0.39, 0.29) is 11.8 Å². The number of nitrogens with one attached hydrogen (secondary N) is 1. The van der Waals surface area contributed by atoms with Crippen molar-refractivity contribution in [3.8, 4) is 16.1 Å². The molecular formula is C28H26N4O3S. The molecule has 2 amide bonds. The third kappa shape index (κ3) is 5.15. The van der Waals surface area contributed by atoms with E-state index in [2.05, 4.69) is 10.4 Å². The maximum atomic E-state index is 13.5. The molecule has 0 bridgehead atoms. The zero-order chi connectivity index (χ0) is 24.9. The number of morpholine rings is 1. The second-order valence-corrected chi connectivity index (χ2v) is 9.43. The van der Waals surface area contributed by atoms with Crippen LogP contribution in [0.4, 0.5) is 5.00 Å². The summed E-state index contributed by atoms with van der Waals surface area (Å²) in [6.45, 7) is 4.04. The van der Waals surface area contributed by atoms with Gasteiger partial charge in [0.1, 0.15) is 5.00 Å². The molecule has 0 saturated carbocycles. The average molecular weight is 499 g/mol. The highest BCUT2D eigenvalue weighted by Gasteiger charge is 2.27. The number of para-hydroxylation sites is 1. The Labute approximate surface area is 213 Å². The molecule has 8 heteroatoms. The topological polar surface area (TPSA) is 76.5 Å². The zero-order valence-electron chi connectivity index (χ0n) is 19.9. The van der Waals surface area contributed by atoms with Gasteiger partial charge in [0.05, 0.1) is 30.7 Å². The van der Waals surface area contributed by atoms with Crippen molar-refractivity contribution >= 4 is 34.2 Å². The highest BCUT2D eigenvalue weighted by Crippen LogP contribution is 2.40. The Hall–Kier alpha value is -4.01. The number of nitrogens with zero attached hydrogens (tertiary/aromatic N) is 3. The molecule has 0 spiro atoms. The van der Waals surface area contributed by atoms with Crippen molar-refractivity contribution in [1.82, 2.24) is 14.7 Å². The van der Waals surface area contributed by atoms with Crippen LogP contribution in [0.2, 0.25) is 0 Å². The summed E-state index contributed by atoms with van der Waals surface area (Å²) in [5.74, 6) is -0.392. The van der Waals surface area contributed by atoms with Crippen LogP contribution in [-0.4, -0.2) is 52.8 Å². The van der Waals surface area contributed by atoms with E-state index in [1.807, 2.05) is 73.8 Å². The van der Waals surface area contributed by atoms with Crippen LogP contribution in [0.1, 0.15) is 21.5 Å². The van der Waals surface area contributed by atoms with E-state index in [1.165, 1.54) is 17.4 Å². The third-order valence-corrected chi connectivity index (χ3v) is 7.24. The predicted molar refractivity (Wildman–Crippen MR) is 142 cm³/mol. The Kier molecular flexibility index (Phi) is 7.06. The highest BCUT2D eigenvalue weighted by atomic mass is 32.1. The number of hydrogen-bond acceptors (Lipinski definition) is 5. The smallest absolute Gasteiger partial charge is 0.257 e. The number of hydrogen-bond donors (Lipinski definition) is 1. The monoisotopic (exact) mass is 498 g/mol. The minimum absolute atomic E-state index is 0.0855. The minimum Gasteiger partial charge on any atom is -0.378 e. The van der Waals surface area contributed by atoms with Crippen molar-refractivity contribution in [3.63, 3.8) is 0 Å². The molecule has 1 aliphatic rings. The number of ether oxygens (including phenoxy) is 1. The van der Waals surface area contributed by atoms with Gasteiger partial charge in [-0.15, -0.1) is 11.3 Å². The molecule has 7 nitrogen and oxygen atoms in total. The SMILES string of the molecule is Cc1c(-c2ccccc2)sc(NC(=O)/C=C/c2cnn(-c3ccccc3)c2)c1C(=O)N1CCOCC1. The fourth-order valence-corrected chi connectivity index (χ4v) is 5.33. The van der Waals surface area contributed by atoms with Crippen molar-refractivity contribution < 1.29 is 14.3 Å².